The molecular weight excluding hydrogens is 375 g/mol. The van der Waals surface area contributed by atoms with Crippen molar-refractivity contribution in [2.24, 2.45) is 0 Å². The summed E-state index contributed by atoms with van der Waals surface area (Å²) in [5, 5.41) is 1.09. The van der Waals surface area contributed by atoms with E-state index in [1.807, 2.05) is 0 Å². The van der Waals surface area contributed by atoms with Crippen molar-refractivity contribution in [2.75, 3.05) is 0 Å². The molecule has 0 heterocycles. The van der Waals surface area contributed by atoms with Crippen LogP contribution in [0.4, 0.5) is 0 Å². The Kier molecular flexibility index (Phi) is 4.90. The zero-order chi connectivity index (χ0) is 20.7. The summed E-state index contributed by atoms with van der Waals surface area (Å²) in [5.41, 5.74) is 12.0. The normalized spacial score (nSPS) is 16.9. The molecule has 0 aromatic heterocycles. The first kappa shape index (κ1) is 19.4. The Hall–Kier alpha value is -2.59. The fourth-order valence-electron chi connectivity index (χ4n) is 4.93. The summed E-state index contributed by atoms with van der Waals surface area (Å²) in [6.45, 7) is 4.54. The minimum Gasteiger partial charge on any atom is -0.579 e. The quantitative estimate of drug-likeness (QED) is 0.320. The lowest BCUT2D eigenvalue weighted by molar-refractivity contribution is 0.712. The molecule has 0 amide bonds. The number of hydrogen-bond acceptors (Lipinski definition) is 0. The van der Waals surface area contributed by atoms with Crippen molar-refractivity contribution in [1.29, 1.82) is 0 Å². The molecule has 4 aromatic rings. The summed E-state index contributed by atoms with van der Waals surface area (Å²) in [5.74, 6) is 0. The fourth-order valence-corrected chi connectivity index (χ4v) is 5.27. The summed E-state index contributed by atoms with van der Waals surface area (Å²) in [4.78, 5) is 0. The Balaban J connectivity index is 1.73. The number of benzene rings is 4. The van der Waals surface area contributed by atoms with Gasteiger partial charge in [0.1, 0.15) is 0 Å². The topological polar surface area (TPSA) is 0 Å². The van der Waals surface area contributed by atoms with Crippen molar-refractivity contribution in [2.45, 2.75) is 31.0 Å². The lowest BCUT2D eigenvalue weighted by atomic mass is 9.73. The molecule has 0 saturated carbocycles. The monoisotopic (exact) mass is 400 g/mol. The van der Waals surface area contributed by atoms with E-state index in [2.05, 4.69) is 121 Å². The van der Waals surface area contributed by atoms with Crippen LogP contribution < -0.4 is 0 Å². The highest BCUT2D eigenvalue weighted by Gasteiger charge is 2.40. The van der Waals surface area contributed by atoms with Gasteiger partial charge in [0.25, 0.3) is 0 Å². The third-order valence-corrected chi connectivity index (χ3v) is 6.93. The smallest absolute Gasteiger partial charge is 0.0435 e. The van der Waals surface area contributed by atoms with E-state index in [0.717, 1.165) is 11.7 Å². The molecule has 30 heavy (non-hydrogen) atoms. The van der Waals surface area contributed by atoms with Crippen LogP contribution in [0.2, 0.25) is 5.28 Å². The van der Waals surface area contributed by atoms with E-state index in [1.54, 1.807) is 0 Å². The van der Waals surface area contributed by atoms with E-state index in [0.29, 0.717) is 0 Å². The lowest BCUT2D eigenvalue weighted by Crippen LogP contribution is -2.22. The lowest BCUT2D eigenvalue weighted by Gasteiger charge is -2.29. The number of hydrogen-bond donors (Lipinski definition) is 0. The van der Waals surface area contributed by atoms with Crippen molar-refractivity contribution in [3.8, 4) is 22.3 Å². The Morgan fingerprint density at radius 3 is 2.23 bits per heavy atom. The standard InChI is InChI=1S/C29H25.Al/c1-4-21-8-7-9-24(18-21)29(3)27-11-6-5-10-25(27)26-17-16-23(19-28(26)29)22-14-12-20(2)13-15-22;/h5-19H,1,4H2,2-3H3;/q;-1. The molecule has 1 aliphatic rings. The van der Waals surface area contributed by atoms with Crippen LogP contribution in [-0.2, 0) is 11.8 Å². The van der Waals surface area contributed by atoms with Crippen LogP contribution >= 0.6 is 0 Å². The van der Waals surface area contributed by atoms with E-state index < -0.39 is 0 Å². The van der Waals surface area contributed by atoms with Crippen molar-refractivity contribution < 1.29 is 0 Å². The molecule has 1 unspecified atom stereocenters. The molecule has 1 heteroatoms. The second-order valence-electron chi connectivity index (χ2n) is 8.54. The predicted molar refractivity (Wildman–Crippen MR) is 128 cm³/mol. The molecule has 5 rings (SSSR count). The minimum absolute atomic E-state index is 0.149. The first-order valence-corrected chi connectivity index (χ1v) is 11.5. The first-order chi connectivity index (χ1) is 14.6. The number of fused-ring (bicyclic) bond motifs is 3. The molecule has 0 N–H and O–H groups in total. The van der Waals surface area contributed by atoms with E-state index >= 15 is 0 Å². The SMILES string of the molecule is Cc1ccc(-c2ccc3c(c2)C(C)(c2cccc(C[CH2][Al-])c2)c2ccccc2-3)cc1. The molecular formula is C29H25Al-. The van der Waals surface area contributed by atoms with Gasteiger partial charge >= 0.3 is 0 Å². The Morgan fingerprint density at radius 2 is 1.43 bits per heavy atom. The van der Waals surface area contributed by atoms with Crippen LogP contribution in [0.3, 0.4) is 0 Å². The van der Waals surface area contributed by atoms with Gasteiger partial charge in [-0.3, -0.25) is 5.28 Å². The third-order valence-electron chi connectivity index (χ3n) is 6.64. The Morgan fingerprint density at radius 1 is 0.700 bits per heavy atom. The summed E-state index contributed by atoms with van der Waals surface area (Å²) >= 11 is 2.85. The maximum atomic E-state index is 2.85. The second kappa shape index (κ2) is 7.59. The van der Waals surface area contributed by atoms with Gasteiger partial charge in [0.15, 0.2) is 0 Å². The molecule has 1 aliphatic carbocycles. The van der Waals surface area contributed by atoms with E-state index in [-0.39, 0.29) is 5.41 Å². The van der Waals surface area contributed by atoms with Gasteiger partial charge in [-0.15, -0.1) is 0 Å². The zero-order valence-electron chi connectivity index (χ0n) is 17.7. The van der Waals surface area contributed by atoms with E-state index in [1.165, 1.54) is 50.1 Å². The Labute approximate surface area is 188 Å². The average Bonchev–Trinajstić information content (AvgIpc) is 3.04. The van der Waals surface area contributed by atoms with Crippen molar-refractivity contribution in [3.05, 3.63) is 119 Å². The van der Waals surface area contributed by atoms with Crippen LogP contribution in [0.5, 0.6) is 0 Å². The molecule has 0 fully saturated rings. The van der Waals surface area contributed by atoms with Gasteiger partial charge in [-0.2, -0.15) is 0 Å². The molecule has 0 aliphatic heterocycles. The average molecular weight is 401 g/mol. The fraction of sp³-hybridized carbons (Fsp3) is 0.172. The molecule has 4 aromatic carbocycles. The third kappa shape index (κ3) is 3.05. The first-order valence-electron chi connectivity index (χ1n) is 10.7. The van der Waals surface area contributed by atoms with Crippen LogP contribution in [0, 0.1) is 6.92 Å². The molecule has 0 saturated heterocycles. The van der Waals surface area contributed by atoms with Crippen LogP contribution in [0.25, 0.3) is 22.3 Å². The second-order valence-corrected chi connectivity index (χ2v) is 9.11. The number of rotatable bonds is 4. The Bertz CT molecular complexity index is 1220. The van der Waals surface area contributed by atoms with E-state index in [9.17, 15) is 0 Å². The molecule has 0 bridgehead atoms. The van der Waals surface area contributed by atoms with Gasteiger partial charge < -0.3 is 16.3 Å². The van der Waals surface area contributed by atoms with Gasteiger partial charge in [0, 0.05) is 5.41 Å². The molecule has 0 spiro atoms. The van der Waals surface area contributed by atoms with Gasteiger partial charge in [-0.1, -0.05) is 102 Å². The zero-order valence-corrected chi connectivity index (χ0v) is 18.8. The van der Waals surface area contributed by atoms with Gasteiger partial charge in [-0.05, 0) is 58.9 Å². The molecule has 0 nitrogen and oxygen atoms in total. The minimum atomic E-state index is -0.149. The number of aryl methyl sites for hydroxylation is 2. The van der Waals surface area contributed by atoms with Gasteiger partial charge in [-0.25, -0.2) is 0 Å². The summed E-state index contributed by atoms with van der Waals surface area (Å²) in [6.07, 6.45) is 1.09. The van der Waals surface area contributed by atoms with Crippen LogP contribution in [0.1, 0.15) is 34.7 Å². The maximum Gasteiger partial charge on any atom is 0.0435 e. The van der Waals surface area contributed by atoms with Crippen LogP contribution in [-0.4, -0.2) is 16.3 Å². The highest BCUT2D eigenvalue weighted by atomic mass is 27.0. The highest BCUT2D eigenvalue weighted by molar-refractivity contribution is 6.08. The van der Waals surface area contributed by atoms with E-state index in [4.69, 9.17) is 0 Å². The van der Waals surface area contributed by atoms with Crippen molar-refractivity contribution in [1.82, 2.24) is 0 Å². The van der Waals surface area contributed by atoms with Gasteiger partial charge in [0.05, 0.1) is 0 Å². The summed E-state index contributed by atoms with van der Waals surface area (Å²) in [6, 6.07) is 34.0. The molecule has 1 atom stereocenters. The summed E-state index contributed by atoms with van der Waals surface area (Å²) in [7, 11) is 0. The largest absolute Gasteiger partial charge is 0.579 e. The van der Waals surface area contributed by atoms with Crippen LogP contribution in [0.15, 0.2) is 91.0 Å². The molecule has 145 valence electrons. The maximum absolute atomic E-state index is 2.85. The molecule has 3 radical (unpaired) electrons. The van der Waals surface area contributed by atoms with Gasteiger partial charge in [0.2, 0.25) is 0 Å². The highest BCUT2D eigenvalue weighted by Crippen LogP contribution is 2.53. The van der Waals surface area contributed by atoms with Crippen molar-refractivity contribution >= 4 is 16.3 Å². The summed E-state index contributed by atoms with van der Waals surface area (Å²) < 4.78 is 0. The van der Waals surface area contributed by atoms with Crippen molar-refractivity contribution in [3.63, 3.8) is 0 Å². The predicted octanol–water partition coefficient (Wildman–Crippen LogP) is 7.13.